The van der Waals surface area contributed by atoms with Crippen molar-refractivity contribution in [3.05, 3.63) is 0 Å². The average Bonchev–Trinajstić information content (AvgIpc) is 3.30. The average molecular weight is 451 g/mol. The minimum atomic E-state index is -0.900. The van der Waals surface area contributed by atoms with Crippen LogP contribution in [-0.2, 0) is 23.9 Å². The van der Waals surface area contributed by atoms with Crippen LogP contribution in [-0.4, -0.2) is 60.0 Å². The first-order valence-electron chi connectivity index (χ1n) is 11.9. The summed E-state index contributed by atoms with van der Waals surface area (Å²) in [5.74, 6) is -1.05. The molecule has 8 nitrogen and oxygen atoms in total. The topological polar surface area (TPSA) is 102 Å². The monoisotopic (exact) mass is 450 g/mol. The molecule has 0 aromatic heterocycles. The fraction of sp³-hybridized carbons (Fsp3) is 0.833. The van der Waals surface area contributed by atoms with Gasteiger partial charge in [-0.25, -0.2) is 9.59 Å². The number of methoxy groups -OCH3 is 1. The molecular formula is C24H38N2O6. The maximum Gasteiger partial charge on any atom is 0.410 e. The van der Waals surface area contributed by atoms with Crippen molar-refractivity contribution < 1.29 is 28.7 Å². The highest BCUT2D eigenvalue weighted by atomic mass is 16.6. The minimum absolute atomic E-state index is 0.0840. The lowest BCUT2D eigenvalue weighted by atomic mass is 9.72. The number of likely N-dealkylation sites (tertiary alicyclic amines) is 1. The lowest BCUT2D eigenvalue weighted by molar-refractivity contribution is -0.146. The Morgan fingerprint density at radius 2 is 1.84 bits per heavy atom. The van der Waals surface area contributed by atoms with Crippen molar-refractivity contribution in [2.75, 3.05) is 13.7 Å². The summed E-state index contributed by atoms with van der Waals surface area (Å²) in [5.41, 5.74) is -0.753. The summed E-state index contributed by atoms with van der Waals surface area (Å²) in [7, 11) is 1.28. The molecule has 180 valence electrons. The van der Waals surface area contributed by atoms with Gasteiger partial charge in [0.2, 0.25) is 5.91 Å². The van der Waals surface area contributed by atoms with E-state index in [4.69, 9.17) is 9.47 Å². The number of esters is 1. The van der Waals surface area contributed by atoms with Crippen molar-refractivity contribution in [2.24, 2.45) is 11.3 Å². The van der Waals surface area contributed by atoms with Crippen LogP contribution in [0.1, 0.15) is 85.0 Å². The highest BCUT2D eigenvalue weighted by Crippen LogP contribution is 2.46. The van der Waals surface area contributed by atoms with Gasteiger partial charge in [0.15, 0.2) is 0 Å². The first-order chi connectivity index (χ1) is 15.0. The second-order valence-electron chi connectivity index (χ2n) is 10.8. The molecule has 3 rings (SSSR count). The number of amides is 2. The Kier molecular flexibility index (Phi) is 7.50. The lowest BCUT2D eigenvalue weighted by Gasteiger charge is -2.33. The van der Waals surface area contributed by atoms with Gasteiger partial charge in [-0.1, -0.05) is 19.3 Å². The summed E-state index contributed by atoms with van der Waals surface area (Å²) >= 11 is 0. The largest absolute Gasteiger partial charge is 0.467 e. The van der Waals surface area contributed by atoms with E-state index in [1.165, 1.54) is 13.5 Å². The summed E-state index contributed by atoms with van der Waals surface area (Å²) in [6.07, 6.45) is 7.66. The summed E-state index contributed by atoms with van der Waals surface area (Å²) in [5, 5.41) is 2.81. The van der Waals surface area contributed by atoms with E-state index in [0.29, 0.717) is 19.4 Å². The number of carbonyl (C=O) groups excluding carboxylic acids is 4. The van der Waals surface area contributed by atoms with Crippen molar-refractivity contribution >= 4 is 23.8 Å². The van der Waals surface area contributed by atoms with Gasteiger partial charge in [0.25, 0.3) is 0 Å². The molecule has 3 atom stereocenters. The third kappa shape index (κ3) is 5.81. The number of hydrogen-bond acceptors (Lipinski definition) is 6. The van der Waals surface area contributed by atoms with Crippen LogP contribution < -0.4 is 5.32 Å². The Balaban J connectivity index is 1.76. The van der Waals surface area contributed by atoms with Crippen molar-refractivity contribution in [3.8, 4) is 0 Å². The molecule has 2 saturated carbocycles. The lowest BCUT2D eigenvalue weighted by Crippen LogP contribution is -2.52. The first kappa shape index (κ1) is 24.5. The van der Waals surface area contributed by atoms with E-state index < -0.39 is 29.7 Å². The zero-order valence-electron chi connectivity index (χ0n) is 19.9. The van der Waals surface area contributed by atoms with E-state index in [1.807, 2.05) is 0 Å². The molecular weight excluding hydrogens is 412 g/mol. The van der Waals surface area contributed by atoms with Crippen LogP contribution in [0.3, 0.4) is 0 Å². The molecule has 8 heteroatoms. The van der Waals surface area contributed by atoms with Crippen LogP contribution in [0.2, 0.25) is 0 Å². The van der Waals surface area contributed by atoms with Crippen molar-refractivity contribution in [3.63, 3.8) is 0 Å². The van der Waals surface area contributed by atoms with E-state index in [-0.39, 0.29) is 29.4 Å². The smallest absolute Gasteiger partial charge is 0.410 e. The van der Waals surface area contributed by atoms with Crippen LogP contribution in [0, 0.1) is 11.3 Å². The Morgan fingerprint density at radius 3 is 2.41 bits per heavy atom. The molecule has 0 aromatic carbocycles. The minimum Gasteiger partial charge on any atom is -0.467 e. The highest BCUT2D eigenvalue weighted by molar-refractivity contribution is 5.91. The van der Waals surface area contributed by atoms with Gasteiger partial charge in [0.1, 0.15) is 23.5 Å². The predicted molar refractivity (Wildman–Crippen MR) is 118 cm³/mol. The van der Waals surface area contributed by atoms with E-state index in [0.717, 1.165) is 38.5 Å². The quantitative estimate of drug-likeness (QED) is 0.645. The van der Waals surface area contributed by atoms with E-state index >= 15 is 0 Å². The molecule has 3 aliphatic rings. The molecule has 1 saturated heterocycles. The molecule has 2 amide bonds. The molecule has 1 N–H and O–H groups in total. The third-order valence-electron chi connectivity index (χ3n) is 7.11. The molecule has 0 bridgehead atoms. The zero-order valence-corrected chi connectivity index (χ0v) is 19.9. The number of nitrogens with one attached hydrogen (secondary N) is 1. The maximum atomic E-state index is 13.4. The number of nitrogens with zero attached hydrogens (tertiary/aromatic N) is 1. The van der Waals surface area contributed by atoms with Gasteiger partial charge < -0.3 is 14.8 Å². The number of Topliss-reactive ketones (excluding diaryl/α,β-unsaturated/α-hetero) is 1. The third-order valence-corrected chi connectivity index (χ3v) is 7.11. The molecule has 32 heavy (non-hydrogen) atoms. The number of hydrogen-bond donors (Lipinski definition) is 1. The van der Waals surface area contributed by atoms with Gasteiger partial charge in [-0.2, -0.15) is 0 Å². The van der Waals surface area contributed by atoms with Crippen LogP contribution in [0.25, 0.3) is 0 Å². The number of ketones is 1. The van der Waals surface area contributed by atoms with E-state index in [9.17, 15) is 19.2 Å². The van der Waals surface area contributed by atoms with Crippen molar-refractivity contribution in [1.29, 1.82) is 0 Å². The van der Waals surface area contributed by atoms with Crippen molar-refractivity contribution in [1.82, 2.24) is 10.2 Å². The van der Waals surface area contributed by atoms with Crippen LogP contribution in [0.4, 0.5) is 4.79 Å². The second-order valence-corrected chi connectivity index (χ2v) is 10.8. The highest BCUT2D eigenvalue weighted by Gasteiger charge is 2.50. The van der Waals surface area contributed by atoms with Crippen LogP contribution in [0.5, 0.6) is 0 Å². The van der Waals surface area contributed by atoms with Gasteiger partial charge in [-0.05, 0) is 64.7 Å². The molecule has 3 fully saturated rings. The summed E-state index contributed by atoms with van der Waals surface area (Å²) in [6, 6.07) is -1.60. The van der Waals surface area contributed by atoms with Gasteiger partial charge in [-0.3, -0.25) is 14.5 Å². The van der Waals surface area contributed by atoms with Gasteiger partial charge in [0.05, 0.1) is 7.11 Å². The molecule has 0 radical (unpaired) electrons. The Labute approximate surface area is 190 Å². The molecule has 1 spiro atoms. The zero-order chi connectivity index (χ0) is 23.5. The fourth-order valence-electron chi connectivity index (χ4n) is 5.51. The molecule has 1 aliphatic heterocycles. The van der Waals surface area contributed by atoms with Crippen LogP contribution >= 0.6 is 0 Å². The number of ether oxygens (including phenoxy) is 2. The SMILES string of the molecule is COC(=O)[C@H](C[C@@H]1CCCC1=O)NC(=O)C1CC2(CCCCC2)CN1C(=O)OC(C)(C)C. The standard InChI is InChI=1S/C24H38N2O6/c1-23(2,3)32-22(30)26-15-24(11-6-5-7-12-24)14-18(26)20(28)25-17(21(29)31-4)13-16-9-8-10-19(16)27/h16-18H,5-15H2,1-4H3,(H,25,28)/t16-,17-,18?/m0/s1. The maximum absolute atomic E-state index is 13.4. The summed E-state index contributed by atoms with van der Waals surface area (Å²) in [4.78, 5) is 52.4. The number of carbonyl (C=O) groups is 4. The first-order valence-corrected chi connectivity index (χ1v) is 11.9. The van der Waals surface area contributed by atoms with E-state index in [1.54, 1.807) is 25.7 Å². The normalized spacial score (nSPS) is 26.1. The Bertz CT molecular complexity index is 737. The fourth-order valence-corrected chi connectivity index (χ4v) is 5.51. The predicted octanol–water partition coefficient (Wildman–Crippen LogP) is 3.36. The van der Waals surface area contributed by atoms with Gasteiger partial charge in [-0.15, -0.1) is 0 Å². The number of rotatable bonds is 5. The molecule has 0 aromatic rings. The Hall–Kier alpha value is -2.12. The summed E-state index contributed by atoms with van der Waals surface area (Å²) in [6.45, 7) is 5.90. The molecule has 2 aliphatic carbocycles. The van der Waals surface area contributed by atoms with Crippen LogP contribution in [0.15, 0.2) is 0 Å². The summed E-state index contributed by atoms with van der Waals surface area (Å²) < 4.78 is 10.5. The van der Waals surface area contributed by atoms with Gasteiger partial charge >= 0.3 is 12.1 Å². The molecule has 1 heterocycles. The Morgan fingerprint density at radius 1 is 1.16 bits per heavy atom. The second kappa shape index (κ2) is 9.79. The van der Waals surface area contributed by atoms with Gasteiger partial charge in [0, 0.05) is 18.9 Å². The molecule has 1 unspecified atom stereocenters. The van der Waals surface area contributed by atoms with Crippen molar-refractivity contribution in [2.45, 2.75) is 103 Å². The van der Waals surface area contributed by atoms with E-state index in [2.05, 4.69) is 5.32 Å².